The number of hydrogen-bond acceptors (Lipinski definition) is 5. The lowest BCUT2D eigenvalue weighted by molar-refractivity contribution is -0.143. The zero-order chi connectivity index (χ0) is 21.1. The van der Waals surface area contributed by atoms with E-state index in [4.69, 9.17) is 4.74 Å². The van der Waals surface area contributed by atoms with Gasteiger partial charge in [-0.1, -0.05) is 29.8 Å². The highest BCUT2D eigenvalue weighted by atomic mass is 32.1. The molecule has 2 amide bonds. The maximum atomic E-state index is 13.0. The van der Waals surface area contributed by atoms with Crippen LogP contribution in [0.3, 0.4) is 0 Å². The largest absolute Gasteiger partial charge is 0.378 e. The van der Waals surface area contributed by atoms with Crippen molar-refractivity contribution < 1.29 is 14.3 Å². The standard InChI is InChI=1S/C23H29N3O3S/c1-16-3-5-18(6-4-16)22-20(30-17(2)24-22)15-21(27)25-9-7-19(8-10-25)23(28)26-11-13-29-14-12-26/h3-6,19H,7-15H2,1-2H3. The van der Waals surface area contributed by atoms with Gasteiger partial charge >= 0.3 is 0 Å². The topological polar surface area (TPSA) is 62.7 Å². The van der Waals surface area contributed by atoms with E-state index in [9.17, 15) is 9.59 Å². The molecule has 1 aromatic carbocycles. The number of piperidine rings is 1. The lowest BCUT2D eigenvalue weighted by Gasteiger charge is -2.35. The molecule has 2 aliphatic rings. The molecule has 2 saturated heterocycles. The number of benzene rings is 1. The number of thiazole rings is 1. The number of aryl methyl sites for hydroxylation is 2. The molecule has 6 nitrogen and oxygen atoms in total. The van der Waals surface area contributed by atoms with Crippen LogP contribution in [0.5, 0.6) is 0 Å². The van der Waals surface area contributed by atoms with E-state index >= 15 is 0 Å². The van der Waals surface area contributed by atoms with Crippen LogP contribution in [0.4, 0.5) is 0 Å². The highest BCUT2D eigenvalue weighted by molar-refractivity contribution is 7.12. The number of likely N-dealkylation sites (tertiary alicyclic amines) is 1. The summed E-state index contributed by atoms with van der Waals surface area (Å²) in [6.45, 7) is 7.97. The Kier molecular flexibility index (Phi) is 6.49. The monoisotopic (exact) mass is 427 g/mol. The molecule has 2 aliphatic heterocycles. The number of hydrogen-bond donors (Lipinski definition) is 0. The zero-order valence-electron chi connectivity index (χ0n) is 17.7. The van der Waals surface area contributed by atoms with Crippen LogP contribution in [0.1, 0.15) is 28.3 Å². The van der Waals surface area contributed by atoms with Gasteiger partial charge in [-0.2, -0.15) is 0 Å². The first kappa shape index (κ1) is 21.0. The first-order chi connectivity index (χ1) is 14.5. The second-order valence-corrected chi connectivity index (χ2v) is 9.43. The average Bonchev–Trinajstić information content (AvgIpc) is 3.14. The number of nitrogens with zero attached hydrogens (tertiary/aromatic N) is 3. The third kappa shape index (κ3) is 4.73. The van der Waals surface area contributed by atoms with Crippen LogP contribution < -0.4 is 0 Å². The fourth-order valence-electron chi connectivity index (χ4n) is 4.19. The second kappa shape index (κ2) is 9.27. The van der Waals surface area contributed by atoms with Crippen molar-refractivity contribution in [3.05, 3.63) is 39.7 Å². The van der Waals surface area contributed by atoms with E-state index in [-0.39, 0.29) is 17.7 Å². The number of ether oxygens (including phenoxy) is 1. The van der Waals surface area contributed by atoms with Gasteiger partial charge in [0, 0.05) is 42.5 Å². The van der Waals surface area contributed by atoms with Crippen molar-refractivity contribution in [3.8, 4) is 11.3 Å². The molecular formula is C23H29N3O3S. The van der Waals surface area contributed by atoms with Crippen molar-refractivity contribution in [2.45, 2.75) is 33.1 Å². The van der Waals surface area contributed by atoms with Crippen LogP contribution >= 0.6 is 11.3 Å². The zero-order valence-corrected chi connectivity index (χ0v) is 18.5. The molecule has 2 aromatic rings. The van der Waals surface area contributed by atoms with Crippen LogP contribution in [-0.2, 0) is 20.7 Å². The van der Waals surface area contributed by atoms with Crippen molar-refractivity contribution in [2.24, 2.45) is 5.92 Å². The van der Waals surface area contributed by atoms with Crippen LogP contribution in [0.25, 0.3) is 11.3 Å². The summed E-state index contributed by atoms with van der Waals surface area (Å²) in [7, 11) is 0. The molecule has 0 bridgehead atoms. The summed E-state index contributed by atoms with van der Waals surface area (Å²) in [6, 6.07) is 8.29. The minimum Gasteiger partial charge on any atom is -0.378 e. The van der Waals surface area contributed by atoms with Gasteiger partial charge in [0.25, 0.3) is 0 Å². The minimum atomic E-state index is 0.0286. The molecule has 160 valence electrons. The third-order valence-electron chi connectivity index (χ3n) is 5.96. The molecule has 2 fully saturated rings. The summed E-state index contributed by atoms with van der Waals surface area (Å²) < 4.78 is 5.34. The lowest BCUT2D eigenvalue weighted by Crippen LogP contribution is -2.47. The second-order valence-electron chi connectivity index (χ2n) is 8.14. The van der Waals surface area contributed by atoms with Crippen molar-refractivity contribution in [2.75, 3.05) is 39.4 Å². The lowest BCUT2D eigenvalue weighted by atomic mass is 9.94. The van der Waals surface area contributed by atoms with Gasteiger partial charge in [-0.25, -0.2) is 4.98 Å². The maximum Gasteiger partial charge on any atom is 0.227 e. The van der Waals surface area contributed by atoms with Crippen LogP contribution in [0, 0.1) is 19.8 Å². The number of aromatic nitrogens is 1. The van der Waals surface area contributed by atoms with Gasteiger partial charge in [-0.15, -0.1) is 11.3 Å². The number of amides is 2. The summed E-state index contributed by atoms with van der Waals surface area (Å²) in [4.78, 5) is 35.2. The van der Waals surface area contributed by atoms with E-state index in [0.29, 0.717) is 45.8 Å². The molecule has 0 radical (unpaired) electrons. The molecule has 1 aromatic heterocycles. The highest BCUT2D eigenvalue weighted by Crippen LogP contribution is 2.30. The minimum absolute atomic E-state index is 0.0286. The van der Waals surface area contributed by atoms with Gasteiger partial charge < -0.3 is 14.5 Å². The summed E-state index contributed by atoms with van der Waals surface area (Å²) in [5, 5.41) is 0.975. The van der Waals surface area contributed by atoms with Crippen molar-refractivity contribution in [1.29, 1.82) is 0 Å². The van der Waals surface area contributed by atoms with Gasteiger partial charge in [0.1, 0.15) is 0 Å². The average molecular weight is 428 g/mol. The van der Waals surface area contributed by atoms with E-state index in [1.54, 1.807) is 11.3 Å². The quantitative estimate of drug-likeness (QED) is 0.752. The molecule has 3 heterocycles. The van der Waals surface area contributed by atoms with Crippen LogP contribution in [0.2, 0.25) is 0 Å². The summed E-state index contributed by atoms with van der Waals surface area (Å²) >= 11 is 1.60. The Morgan fingerprint density at radius 1 is 1.03 bits per heavy atom. The van der Waals surface area contributed by atoms with E-state index in [1.165, 1.54) is 5.56 Å². The Bertz CT molecular complexity index is 895. The SMILES string of the molecule is Cc1ccc(-c2nc(C)sc2CC(=O)N2CCC(C(=O)N3CCOCC3)CC2)cc1. The predicted molar refractivity (Wildman–Crippen MR) is 117 cm³/mol. The van der Waals surface area contributed by atoms with Gasteiger partial charge in [-0.05, 0) is 26.7 Å². The Labute approximate surface area is 181 Å². The van der Waals surface area contributed by atoms with Gasteiger partial charge in [-0.3, -0.25) is 9.59 Å². The number of carbonyl (C=O) groups excluding carboxylic acids is 2. The molecule has 7 heteroatoms. The first-order valence-corrected chi connectivity index (χ1v) is 11.5. The van der Waals surface area contributed by atoms with Gasteiger partial charge in [0.05, 0.1) is 30.3 Å². The smallest absolute Gasteiger partial charge is 0.227 e. The van der Waals surface area contributed by atoms with Crippen LogP contribution in [0.15, 0.2) is 24.3 Å². The molecule has 4 rings (SSSR count). The Hall–Kier alpha value is -2.25. The Morgan fingerprint density at radius 3 is 2.37 bits per heavy atom. The maximum absolute atomic E-state index is 13.0. The molecular weight excluding hydrogens is 398 g/mol. The van der Waals surface area contributed by atoms with E-state index in [0.717, 1.165) is 34.0 Å². The molecule has 0 aliphatic carbocycles. The summed E-state index contributed by atoms with van der Waals surface area (Å²) in [5.74, 6) is 0.385. The van der Waals surface area contributed by atoms with E-state index in [2.05, 4.69) is 36.2 Å². The molecule has 0 saturated carbocycles. The molecule has 0 atom stereocenters. The Morgan fingerprint density at radius 2 is 1.70 bits per heavy atom. The number of morpholine rings is 1. The first-order valence-electron chi connectivity index (χ1n) is 10.7. The molecule has 30 heavy (non-hydrogen) atoms. The summed E-state index contributed by atoms with van der Waals surface area (Å²) in [6.07, 6.45) is 1.86. The fraction of sp³-hybridized carbons (Fsp3) is 0.522. The fourth-order valence-corrected chi connectivity index (χ4v) is 5.14. The van der Waals surface area contributed by atoms with Crippen molar-refractivity contribution in [1.82, 2.24) is 14.8 Å². The van der Waals surface area contributed by atoms with Crippen molar-refractivity contribution in [3.63, 3.8) is 0 Å². The highest BCUT2D eigenvalue weighted by Gasteiger charge is 2.31. The Balaban J connectivity index is 1.36. The molecule has 0 spiro atoms. The normalized spacial score (nSPS) is 17.9. The number of rotatable bonds is 4. The predicted octanol–water partition coefficient (Wildman–Crippen LogP) is 3.07. The van der Waals surface area contributed by atoms with Crippen molar-refractivity contribution >= 4 is 23.2 Å². The van der Waals surface area contributed by atoms with E-state index in [1.807, 2.05) is 16.7 Å². The summed E-state index contributed by atoms with van der Waals surface area (Å²) in [5.41, 5.74) is 3.18. The van der Waals surface area contributed by atoms with Gasteiger partial charge in [0.2, 0.25) is 11.8 Å². The molecule has 0 N–H and O–H groups in total. The van der Waals surface area contributed by atoms with Crippen LogP contribution in [-0.4, -0.2) is 66.0 Å². The number of carbonyl (C=O) groups is 2. The third-order valence-corrected chi connectivity index (χ3v) is 6.93. The molecule has 0 unspecified atom stereocenters. The van der Waals surface area contributed by atoms with Gasteiger partial charge in [0.15, 0.2) is 0 Å². The van der Waals surface area contributed by atoms with E-state index < -0.39 is 0 Å².